The largest absolute Gasteiger partial charge is 0.508 e. The molecule has 11 bridgehead atoms. The minimum absolute atomic E-state index is 0.153. The number of hydrogen-bond donors (Lipinski definition) is 25. The fourth-order valence-electron chi connectivity index (χ4n) is 15.3. The van der Waals surface area contributed by atoms with Gasteiger partial charge in [0.2, 0.25) is 60.2 Å². The zero-order valence-corrected chi connectivity index (χ0v) is 72.3. The number of nitrogens with one attached hydrogen (secondary N) is 8. The molecule has 0 saturated carbocycles. The number of nitrogens with two attached hydrogens (primary N) is 3. The van der Waals surface area contributed by atoms with Gasteiger partial charge in [0.25, 0.3) is 5.08 Å². The van der Waals surface area contributed by atoms with Gasteiger partial charge in [-0.2, -0.15) is 0 Å². The molecular formula is C78H99Cl2N11O35P2. The summed E-state index contributed by atoms with van der Waals surface area (Å²) in [5.41, 5.74) is 12.4. The van der Waals surface area contributed by atoms with Crippen LogP contribution in [0.1, 0.15) is 132 Å². The Kier molecular flexibility index (Phi) is 30.5. The Hall–Kier alpha value is -9.79. The third-order valence-corrected chi connectivity index (χ3v) is 26.6. The summed E-state index contributed by atoms with van der Waals surface area (Å²) >= 11 is 14.6. The molecule has 8 aliphatic rings. The van der Waals surface area contributed by atoms with Crippen molar-refractivity contribution < 1.29 is 170 Å². The fraction of sp³-hybridized carbons (Fsp3) is 0.500. The minimum Gasteiger partial charge on any atom is -0.508 e. The number of primary amides is 1. The average Bonchev–Trinajstić information content (AvgIpc) is 0.764. The monoisotopic (exact) mass is 1880 g/mol. The van der Waals surface area contributed by atoms with Gasteiger partial charge in [0.05, 0.1) is 53.5 Å². The SMILES string of the molecule is CNC(CC(C)C)C(=O)NC1C(=O)NC(CC(N)=O)C(=O)NC2C(=O)NC3C(=O)NC(C(=O)N[C@@H](C(=O)OCOC(=O)NCCC(O)(P(=O)(O)O)P(=O)(O)O)c4cc(O)cc(O)c4-c4cc3ccc4O)[C@H](OC3CC(C)(N)C(O)C(C)O3)c3ccc(c(Cl)c3)Oc3cc2cc(c3OC2OC(CO)C(O)C(O)C2OC2CC(C)(N)C(O)C(C)O2)Oc2ccc(cc2Cl)[C@@H]1O. The van der Waals surface area contributed by atoms with Crippen LogP contribution in [0.3, 0.4) is 0 Å². The van der Waals surface area contributed by atoms with Crippen molar-refractivity contribution in [3.05, 3.63) is 117 Å². The summed E-state index contributed by atoms with van der Waals surface area (Å²) < 4.78 is 86.1. The average molecular weight is 1880 g/mol. The maximum atomic E-state index is 16.6. The number of carbonyl (C=O) groups is 9. The van der Waals surface area contributed by atoms with Gasteiger partial charge in [-0.25, -0.2) is 9.59 Å². The Labute approximate surface area is 737 Å². The van der Waals surface area contributed by atoms with E-state index in [9.17, 15) is 94.2 Å². The molecule has 0 spiro atoms. The van der Waals surface area contributed by atoms with Crippen molar-refractivity contribution in [2.24, 2.45) is 23.1 Å². The van der Waals surface area contributed by atoms with Crippen molar-refractivity contribution in [3.8, 4) is 57.1 Å². The molecule has 8 heterocycles. The molecule has 19 unspecified atom stereocenters. The van der Waals surface area contributed by atoms with Gasteiger partial charge in [-0.05, 0) is 124 Å². The first kappa shape index (κ1) is 98.8. The number of fused-ring (bicyclic) bond motifs is 15. The lowest BCUT2D eigenvalue weighted by atomic mass is 9.86. The number of rotatable bonds is 22. The topological polar surface area (TPSA) is 738 Å². The molecule has 3 saturated heterocycles. The molecule has 8 aliphatic heterocycles. The highest BCUT2D eigenvalue weighted by molar-refractivity contribution is 7.72. The van der Waals surface area contributed by atoms with Gasteiger partial charge in [-0.15, -0.1) is 0 Å². The summed E-state index contributed by atoms with van der Waals surface area (Å²) in [6, 6.07) is -2.24. The lowest BCUT2D eigenvalue weighted by molar-refractivity contribution is -0.333. The summed E-state index contributed by atoms with van der Waals surface area (Å²) in [6.07, 6.45) is -27.3. The second-order valence-corrected chi connectivity index (χ2v) is 37.3. The molecule has 0 aromatic heterocycles. The van der Waals surface area contributed by atoms with Crippen LogP contribution in [0.4, 0.5) is 4.79 Å². The standard InChI is InChI=1S/C78H99Cl2N11O35P2/c1-29(2)16-41(84-7)67(102)90-57-59(97)33-9-12-45(39(79)18-33)121-47-20-35-21-48(63(47)126-74-64(61(99)60(98)49(27-92)123-74)125-52-26-77(6,83)66(101)31(4)120-52)122-46-13-10-34(19-40(46)80)62(124-51-25-76(5,82)65(100)30(3)119-51)58-72(107)89-56(73(108)117-28-118-75(109)85-15-14-78(110,127(111,112)113)128(114,115)116)38-22-36(93)23-44(95)53(38)37-17-32(8-11-43(37)94)54(69(104)91-58)88-70(105)55(35)87-68(103)42(24-50(81)96)86-71(57)106/h8-13,17-23,29-31,41-42,49,51-52,54-62,64-66,74,84,92-95,97-101,110H,14-16,24-28,82-83H2,1-7H3,(H2,81,96)(H,85,109)(H,86,106)(H,87,103)(H,88,105)(H,89,107)(H,90,102)(H,91,104)(H2,111,112,113)(H2,114,115,116)/t30?,31?,41?,42?,49?,51?,52?,54?,55?,56-,57?,58?,59+,60?,61?,62-,64?,65?,66?,74?,76?,77?/m1/s1. The molecule has 13 rings (SSSR count). The van der Waals surface area contributed by atoms with Crippen LogP contribution in [0, 0.1) is 5.92 Å². The van der Waals surface area contributed by atoms with E-state index in [1.165, 1.54) is 46.9 Å². The molecule has 700 valence electrons. The molecule has 22 atom stereocenters. The van der Waals surface area contributed by atoms with Crippen LogP contribution in [0.15, 0.2) is 78.9 Å². The Balaban J connectivity index is 1.15. The van der Waals surface area contributed by atoms with E-state index in [0.717, 1.165) is 60.7 Å². The number of phenols is 3. The molecule has 5 aromatic carbocycles. The van der Waals surface area contributed by atoms with E-state index in [4.69, 9.17) is 87.8 Å². The predicted octanol–water partition coefficient (Wildman–Crippen LogP) is -1.12. The highest BCUT2D eigenvalue weighted by Crippen LogP contribution is 2.69. The first-order valence-corrected chi connectivity index (χ1v) is 43.6. The fourth-order valence-corrected chi connectivity index (χ4v) is 17.9. The Morgan fingerprint density at radius 1 is 0.664 bits per heavy atom. The number of ether oxygens (including phenoxy) is 10. The molecule has 46 nitrogen and oxygen atoms in total. The highest BCUT2D eigenvalue weighted by atomic mass is 35.5. The number of halogens is 2. The van der Waals surface area contributed by atoms with E-state index >= 15 is 28.8 Å². The highest BCUT2D eigenvalue weighted by Gasteiger charge is 2.59. The van der Waals surface area contributed by atoms with Gasteiger partial charge in [0, 0.05) is 59.6 Å². The van der Waals surface area contributed by atoms with Gasteiger partial charge in [-0.1, -0.05) is 55.2 Å². The van der Waals surface area contributed by atoms with Crippen molar-refractivity contribution in [1.82, 2.24) is 42.5 Å². The molecule has 8 amide bonds. The van der Waals surface area contributed by atoms with E-state index in [1.807, 2.05) is 5.32 Å². The molecular weight excluding hydrogens is 1780 g/mol. The number of alkyl carbamates (subject to hydrolysis) is 1. The number of likely N-dealkylation sites (N-methyl/N-ethyl adjacent to an activating group) is 1. The van der Waals surface area contributed by atoms with Gasteiger partial charge in [0.15, 0.2) is 36.2 Å². The Bertz CT molecular complexity index is 5140. The quantitative estimate of drug-likeness (QED) is 0.0222. The lowest BCUT2D eigenvalue weighted by Gasteiger charge is -2.47. The molecule has 0 aliphatic carbocycles. The molecule has 28 N–H and O–H groups in total. The number of aliphatic hydroxyl groups excluding tert-OH is 6. The third-order valence-electron chi connectivity index (χ3n) is 22.2. The predicted molar refractivity (Wildman–Crippen MR) is 437 cm³/mol. The van der Waals surface area contributed by atoms with Crippen LogP contribution in [0.25, 0.3) is 11.1 Å². The summed E-state index contributed by atoms with van der Waals surface area (Å²) in [5, 5.41) is 130. The van der Waals surface area contributed by atoms with E-state index in [1.54, 1.807) is 13.8 Å². The van der Waals surface area contributed by atoms with Crippen LogP contribution in [0.2, 0.25) is 10.0 Å². The van der Waals surface area contributed by atoms with Gasteiger partial charge in [-0.3, -0.25) is 42.7 Å². The van der Waals surface area contributed by atoms with Gasteiger partial charge >= 0.3 is 27.3 Å². The number of esters is 1. The number of phenolic OH excluding ortho intramolecular Hbond substituents is 3. The number of aliphatic hydroxyl groups is 7. The molecule has 50 heteroatoms. The zero-order chi connectivity index (χ0) is 94.2. The number of aromatic hydroxyl groups is 3. The maximum Gasteiger partial charge on any atom is 0.410 e. The second kappa shape index (κ2) is 39.5. The normalized spacial score (nSPS) is 29.7. The van der Waals surface area contributed by atoms with Crippen molar-refractivity contribution >= 4 is 91.8 Å². The van der Waals surface area contributed by atoms with Gasteiger partial charge in [0.1, 0.15) is 89.5 Å². The summed E-state index contributed by atoms with van der Waals surface area (Å²) in [7, 11) is -10.7. The first-order valence-electron chi connectivity index (χ1n) is 39.6. The van der Waals surface area contributed by atoms with E-state index < -0.39 is 330 Å². The Morgan fingerprint density at radius 3 is 1.79 bits per heavy atom. The van der Waals surface area contributed by atoms with Crippen LogP contribution in [-0.4, -0.2) is 259 Å². The van der Waals surface area contributed by atoms with Crippen molar-refractivity contribution in [1.29, 1.82) is 0 Å². The van der Waals surface area contributed by atoms with Crippen molar-refractivity contribution in [3.63, 3.8) is 0 Å². The van der Waals surface area contributed by atoms with Crippen LogP contribution in [-0.2, 0) is 80.6 Å². The summed E-state index contributed by atoms with van der Waals surface area (Å²) in [5.74, 6) is -17.4. The van der Waals surface area contributed by atoms with Crippen LogP contribution < -0.4 is 73.9 Å². The van der Waals surface area contributed by atoms with Crippen molar-refractivity contribution in [2.75, 3.05) is 27.0 Å². The lowest BCUT2D eigenvalue weighted by Crippen LogP contribution is -2.64. The zero-order valence-electron chi connectivity index (χ0n) is 69.0. The van der Waals surface area contributed by atoms with E-state index in [0.29, 0.717) is 6.07 Å². The molecule has 3 fully saturated rings. The molecule has 5 aromatic rings. The van der Waals surface area contributed by atoms with Crippen molar-refractivity contribution in [2.45, 2.75) is 212 Å². The summed E-state index contributed by atoms with van der Waals surface area (Å²) in [6.45, 7) is 5.62. The number of carbonyl (C=O) groups excluding carboxylic acids is 9. The first-order chi connectivity index (χ1) is 59.8. The molecule has 0 radical (unpaired) electrons. The number of hydrogen-bond acceptors (Lipinski definition) is 34. The third kappa shape index (κ3) is 21.8. The van der Waals surface area contributed by atoms with Crippen LogP contribution >= 0.6 is 38.4 Å². The number of amides is 8. The number of benzene rings is 5. The second-order valence-electron chi connectivity index (χ2n) is 32.5. The Morgan fingerprint density at radius 2 is 1.23 bits per heavy atom. The van der Waals surface area contributed by atoms with Gasteiger partial charge < -0.3 is 178 Å². The maximum absolute atomic E-state index is 16.6. The summed E-state index contributed by atoms with van der Waals surface area (Å²) in [4.78, 5) is 174. The minimum atomic E-state index is -6.05. The van der Waals surface area contributed by atoms with E-state index in [-0.39, 0.29) is 29.9 Å². The molecule has 128 heavy (non-hydrogen) atoms. The van der Waals surface area contributed by atoms with Crippen LogP contribution in [0.5, 0.6) is 46.0 Å². The smallest absolute Gasteiger partial charge is 0.410 e. The van der Waals surface area contributed by atoms with E-state index in [2.05, 4.69) is 37.2 Å².